The summed E-state index contributed by atoms with van der Waals surface area (Å²) in [5.74, 6) is -1.29. The first-order valence-electron chi connectivity index (χ1n) is 5.77. The van der Waals surface area contributed by atoms with Crippen molar-refractivity contribution < 1.29 is 19.6 Å². The van der Waals surface area contributed by atoms with Crippen molar-refractivity contribution in [1.29, 1.82) is 0 Å². The largest absolute Gasteiger partial charge is 0.478 e. The van der Waals surface area contributed by atoms with Crippen LogP contribution in [0.15, 0.2) is 54.6 Å². The molecule has 0 fully saturated rings. The first-order valence-corrected chi connectivity index (χ1v) is 5.77. The standard InChI is InChI=1S/C14H11NO5/c16-14(17)13(10-6-2-1-3-7-10)20-12-9-5-4-8-11(12)15(18)19/h1-9,13H,(H,16,17). The highest BCUT2D eigenvalue weighted by Crippen LogP contribution is 2.30. The summed E-state index contributed by atoms with van der Waals surface area (Å²) in [6.45, 7) is 0. The van der Waals surface area contributed by atoms with Crippen molar-refractivity contribution in [2.45, 2.75) is 6.10 Å². The minimum absolute atomic E-state index is 0.0752. The van der Waals surface area contributed by atoms with Gasteiger partial charge in [0.1, 0.15) is 0 Å². The number of nitrogens with zero attached hydrogens (tertiary/aromatic N) is 1. The second kappa shape index (κ2) is 5.83. The number of ether oxygens (including phenoxy) is 1. The van der Waals surface area contributed by atoms with Gasteiger partial charge in [-0.15, -0.1) is 0 Å². The number of hydrogen-bond acceptors (Lipinski definition) is 4. The van der Waals surface area contributed by atoms with Gasteiger partial charge in [0.05, 0.1) is 4.92 Å². The quantitative estimate of drug-likeness (QED) is 0.668. The summed E-state index contributed by atoms with van der Waals surface area (Å²) < 4.78 is 5.31. The molecular formula is C14H11NO5. The first kappa shape index (κ1) is 13.5. The number of nitro benzene ring substituents is 1. The molecule has 0 bridgehead atoms. The molecule has 0 aromatic heterocycles. The molecule has 1 atom stereocenters. The zero-order valence-corrected chi connectivity index (χ0v) is 10.3. The summed E-state index contributed by atoms with van der Waals surface area (Å²) in [4.78, 5) is 21.6. The van der Waals surface area contributed by atoms with Crippen molar-refractivity contribution in [3.05, 3.63) is 70.3 Å². The smallest absolute Gasteiger partial charge is 0.349 e. The lowest BCUT2D eigenvalue weighted by Gasteiger charge is -2.15. The maximum absolute atomic E-state index is 11.3. The van der Waals surface area contributed by atoms with Crippen LogP contribution < -0.4 is 4.74 Å². The second-order valence-electron chi connectivity index (χ2n) is 3.97. The van der Waals surface area contributed by atoms with E-state index in [0.717, 1.165) is 0 Å². The predicted molar refractivity (Wildman–Crippen MR) is 70.5 cm³/mol. The molecular weight excluding hydrogens is 262 g/mol. The van der Waals surface area contributed by atoms with Gasteiger partial charge in [0, 0.05) is 11.6 Å². The fourth-order valence-electron chi connectivity index (χ4n) is 1.72. The first-order chi connectivity index (χ1) is 9.59. The van der Waals surface area contributed by atoms with Crippen LogP contribution in [-0.4, -0.2) is 16.0 Å². The maximum atomic E-state index is 11.3. The van der Waals surface area contributed by atoms with E-state index in [1.807, 2.05) is 0 Å². The molecule has 0 aliphatic heterocycles. The van der Waals surface area contributed by atoms with Crippen LogP contribution in [0.1, 0.15) is 11.7 Å². The Morgan fingerprint density at radius 2 is 1.70 bits per heavy atom. The number of benzene rings is 2. The normalized spacial score (nSPS) is 11.6. The van der Waals surface area contributed by atoms with Crippen LogP contribution in [0.4, 0.5) is 5.69 Å². The van der Waals surface area contributed by atoms with Gasteiger partial charge in [-0.1, -0.05) is 42.5 Å². The number of para-hydroxylation sites is 2. The highest BCUT2D eigenvalue weighted by atomic mass is 16.6. The molecule has 0 aliphatic carbocycles. The molecule has 102 valence electrons. The predicted octanol–water partition coefficient (Wildman–Crippen LogP) is 2.80. The van der Waals surface area contributed by atoms with Gasteiger partial charge < -0.3 is 9.84 Å². The van der Waals surface area contributed by atoms with Gasteiger partial charge in [0.2, 0.25) is 6.10 Å². The number of aliphatic carboxylic acids is 1. The van der Waals surface area contributed by atoms with Gasteiger partial charge in [-0.3, -0.25) is 10.1 Å². The Kier molecular flexibility index (Phi) is 3.95. The van der Waals surface area contributed by atoms with Crippen LogP contribution in [0.2, 0.25) is 0 Å². The van der Waals surface area contributed by atoms with E-state index in [1.165, 1.54) is 18.2 Å². The molecule has 2 aromatic carbocycles. The molecule has 0 saturated heterocycles. The summed E-state index contributed by atoms with van der Waals surface area (Å²) >= 11 is 0. The topological polar surface area (TPSA) is 89.7 Å². The minimum Gasteiger partial charge on any atom is -0.478 e. The molecule has 0 heterocycles. The zero-order valence-electron chi connectivity index (χ0n) is 10.3. The third-order valence-corrected chi connectivity index (χ3v) is 2.63. The van der Waals surface area contributed by atoms with E-state index in [4.69, 9.17) is 4.74 Å². The van der Waals surface area contributed by atoms with Gasteiger partial charge in [-0.25, -0.2) is 4.79 Å². The average molecular weight is 273 g/mol. The fraction of sp³-hybridized carbons (Fsp3) is 0.0714. The van der Waals surface area contributed by atoms with E-state index in [2.05, 4.69) is 0 Å². The molecule has 1 N–H and O–H groups in total. The van der Waals surface area contributed by atoms with Crippen molar-refractivity contribution >= 4 is 11.7 Å². The number of carboxylic acids is 1. The van der Waals surface area contributed by atoms with Crippen molar-refractivity contribution in [2.75, 3.05) is 0 Å². The molecule has 1 unspecified atom stereocenters. The van der Waals surface area contributed by atoms with Crippen LogP contribution in [0.5, 0.6) is 5.75 Å². The van der Waals surface area contributed by atoms with Gasteiger partial charge >= 0.3 is 11.7 Å². The van der Waals surface area contributed by atoms with E-state index >= 15 is 0 Å². The Morgan fingerprint density at radius 1 is 1.10 bits per heavy atom. The van der Waals surface area contributed by atoms with Crippen LogP contribution in [0.3, 0.4) is 0 Å². The van der Waals surface area contributed by atoms with E-state index < -0.39 is 17.0 Å². The Balaban J connectivity index is 2.35. The lowest BCUT2D eigenvalue weighted by atomic mass is 10.1. The summed E-state index contributed by atoms with van der Waals surface area (Å²) in [5.41, 5.74) is 0.146. The molecule has 0 radical (unpaired) electrons. The summed E-state index contributed by atoms with van der Waals surface area (Å²) in [7, 11) is 0. The summed E-state index contributed by atoms with van der Waals surface area (Å²) in [6, 6.07) is 13.9. The Labute approximate surface area is 114 Å². The number of rotatable bonds is 5. The monoisotopic (exact) mass is 273 g/mol. The van der Waals surface area contributed by atoms with Crippen LogP contribution in [-0.2, 0) is 4.79 Å². The molecule has 2 aromatic rings. The Bertz CT molecular complexity index is 626. The summed E-state index contributed by atoms with van der Waals surface area (Å²) in [5, 5.41) is 20.1. The molecule has 6 heteroatoms. The average Bonchev–Trinajstić information content (AvgIpc) is 2.45. The van der Waals surface area contributed by atoms with Gasteiger partial charge in [-0.05, 0) is 6.07 Å². The van der Waals surface area contributed by atoms with Crippen LogP contribution in [0, 0.1) is 10.1 Å². The van der Waals surface area contributed by atoms with E-state index in [9.17, 15) is 20.0 Å². The lowest BCUT2D eigenvalue weighted by molar-refractivity contribution is -0.386. The third-order valence-electron chi connectivity index (χ3n) is 2.63. The van der Waals surface area contributed by atoms with Crippen molar-refractivity contribution in [3.63, 3.8) is 0 Å². The number of carboxylic acid groups (broad SMARTS) is 1. The number of nitro groups is 1. The van der Waals surface area contributed by atoms with Crippen molar-refractivity contribution in [3.8, 4) is 5.75 Å². The van der Waals surface area contributed by atoms with E-state index in [1.54, 1.807) is 36.4 Å². The van der Waals surface area contributed by atoms with Gasteiger partial charge in [0.15, 0.2) is 5.75 Å². The lowest BCUT2D eigenvalue weighted by Crippen LogP contribution is -2.18. The van der Waals surface area contributed by atoms with Gasteiger partial charge in [-0.2, -0.15) is 0 Å². The Hall–Kier alpha value is -2.89. The molecule has 0 aliphatic rings. The Morgan fingerprint density at radius 3 is 2.30 bits per heavy atom. The van der Waals surface area contributed by atoms with Crippen LogP contribution in [0.25, 0.3) is 0 Å². The number of carbonyl (C=O) groups is 1. The second-order valence-corrected chi connectivity index (χ2v) is 3.97. The van der Waals surface area contributed by atoms with Crippen LogP contribution >= 0.6 is 0 Å². The van der Waals surface area contributed by atoms with E-state index in [0.29, 0.717) is 5.56 Å². The molecule has 20 heavy (non-hydrogen) atoms. The van der Waals surface area contributed by atoms with Crippen molar-refractivity contribution in [1.82, 2.24) is 0 Å². The van der Waals surface area contributed by atoms with Gasteiger partial charge in [0.25, 0.3) is 0 Å². The zero-order chi connectivity index (χ0) is 14.5. The van der Waals surface area contributed by atoms with Crippen molar-refractivity contribution in [2.24, 2.45) is 0 Å². The van der Waals surface area contributed by atoms with E-state index in [-0.39, 0.29) is 11.4 Å². The molecule has 0 amide bonds. The highest BCUT2D eigenvalue weighted by molar-refractivity contribution is 5.75. The molecule has 6 nitrogen and oxygen atoms in total. The number of hydrogen-bond donors (Lipinski definition) is 1. The highest BCUT2D eigenvalue weighted by Gasteiger charge is 2.25. The summed E-state index contributed by atoms with van der Waals surface area (Å²) in [6.07, 6.45) is -1.29. The fourth-order valence-corrected chi connectivity index (χ4v) is 1.72. The maximum Gasteiger partial charge on any atom is 0.349 e. The SMILES string of the molecule is O=C(O)C(Oc1ccccc1[N+](=O)[O-])c1ccccc1. The molecule has 2 rings (SSSR count). The molecule has 0 spiro atoms. The minimum atomic E-state index is -1.29. The third kappa shape index (κ3) is 2.92. The molecule has 0 saturated carbocycles.